The number of benzene rings is 2. The van der Waals surface area contributed by atoms with Crippen LogP contribution in [0.2, 0.25) is 0 Å². The van der Waals surface area contributed by atoms with E-state index in [4.69, 9.17) is 16.2 Å². The highest BCUT2D eigenvalue weighted by molar-refractivity contribution is 7.99. The number of hydrogen-bond acceptors (Lipinski definition) is 15. The second kappa shape index (κ2) is 25.4. The Balaban J connectivity index is 1.55. The fourth-order valence-corrected chi connectivity index (χ4v) is 9.13. The molecule has 3 heterocycles. The van der Waals surface area contributed by atoms with Crippen molar-refractivity contribution < 1.29 is 68.3 Å². The predicted octanol–water partition coefficient (Wildman–Crippen LogP) is -3.15. The number of carbonyl (C=O) groups excluding carboxylic acids is 8. The highest BCUT2D eigenvalue weighted by Gasteiger charge is 2.43. The van der Waals surface area contributed by atoms with Crippen LogP contribution in [0.3, 0.4) is 0 Å². The number of likely N-dealkylation sites (tertiary alicyclic amines) is 1. The quantitative estimate of drug-likeness (QED) is 0.0674. The third-order valence-electron chi connectivity index (χ3n) is 12.3. The highest BCUT2D eigenvalue weighted by Crippen LogP contribution is 2.34. The summed E-state index contributed by atoms with van der Waals surface area (Å²) in [5.74, 6) is -10.2. The number of rotatable bonds is 16. The lowest BCUT2D eigenvalue weighted by Crippen LogP contribution is -2.61. The Morgan fingerprint density at radius 2 is 1.65 bits per heavy atom. The van der Waals surface area contributed by atoms with Crippen molar-refractivity contribution in [2.75, 3.05) is 32.0 Å². The number of aliphatic hydroxyl groups excluding tert-OH is 3. The molecule has 0 saturated carbocycles. The molecule has 8 amide bonds. The normalized spacial score (nSPS) is 22.6. The molecule has 1 saturated heterocycles. The second-order valence-corrected chi connectivity index (χ2v) is 18.6. The predicted molar refractivity (Wildman–Crippen MR) is 255 cm³/mol. The van der Waals surface area contributed by atoms with Gasteiger partial charge in [-0.15, -0.1) is 11.8 Å². The van der Waals surface area contributed by atoms with E-state index in [-0.39, 0.29) is 31.7 Å². The minimum Gasteiger partial charge on any atom is -0.489 e. The minimum absolute atomic E-state index is 0.210. The van der Waals surface area contributed by atoms with Crippen molar-refractivity contribution in [3.63, 3.8) is 0 Å². The Morgan fingerprint density at radius 1 is 0.972 bits per heavy atom. The average molecular weight is 1010 g/mol. The van der Waals surface area contributed by atoms with E-state index in [0.717, 1.165) is 22.2 Å². The summed E-state index contributed by atoms with van der Waals surface area (Å²) in [6, 6.07) is 5.37. The van der Waals surface area contributed by atoms with Gasteiger partial charge in [-0.3, -0.25) is 38.4 Å². The number of nitrogens with two attached hydrogens (primary N) is 2. The second-order valence-electron chi connectivity index (χ2n) is 17.6. The number of carbonyl (C=O) groups is 9. The molecule has 3 aromatic rings. The lowest BCUT2D eigenvalue weighted by Gasteiger charge is -2.32. The number of primary amides is 1. The summed E-state index contributed by atoms with van der Waals surface area (Å²) in [4.78, 5) is 124. The van der Waals surface area contributed by atoms with Crippen LogP contribution in [0.25, 0.3) is 10.9 Å². The van der Waals surface area contributed by atoms with Gasteiger partial charge in [-0.2, -0.15) is 0 Å². The molecular formula is C46H62N10O14S. The number of carboxylic acid groups (broad SMARTS) is 1. The van der Waals surface area contributed by atoms with E-state index in [9.17, 15) is 63.6 Å². The summed E-state index contributed by atoms with van der Waals surface area (Å²) >= 11 is 0.956. The number of amides is 8. The number of aromatic amines is 1. The number of aliphatic carboxylic acids is 1. The van der Waals surface area contributed by atoms with Crippen LogP contribution in [-0.2, 0) is 56.2 Å². The molecule has 10 atom stereocenters. The van der Waals surface area contributed by atoms with Crippen molar-refractivity contribution in [3.05, 3.63) is 59.7 Å². The molecule has 0 spiro atoms. The summed E-state index contributed by atoms with van der Waals surface area (Å²) in [6.45, 7) is 2.39. The molecular weight excluding hydrogens is 949 g/mol. The Hall–Kier alpha value is -6.80. The maximum absolute atomic E-state index is 14.6. The summed E-state index contributed by atoms with van der Waals surface area (Å²) in [7, 11) is 0. The zero-order valence-corrected chi connectivity index (χ0v) is 40.2. The largest absolute Gasteiger partial charge is 0.489 e. The molecule has 15 N–H and O–H groups in total. The highest BCUT2D eigenvalue weighted by atomic mass is 32.2. The van der Waals surface area contributed by atoms with Gasteiger partial charge in [0, 0.05) is 42.5 Å². The van der Waals surface area contributed by atoms with Crippen molar-refractivity contribution in [3.8, 4) is 5.75 Å². The molecule has 2 aromatic carbocycles. The summed E-state index contributed by atoms with van der Waals surface area (Å²) in [5.41, 5.74) is 12.8. The molecule has 1 aromatic heterocycles. The first-order valence-corrected chi connectivity index (χ1v) is 23.9. The first-order chi connectivity index (χ1) is 33.7. The van der Waals surface area contributed by atoms with Gasteiger partial charge in [0.25, 0.3) is 0 Å². The van der Waals surface area contributed by atoms with E-state index in [0.29, 0.717) is 33.7 Å². The number of thioether (sulfide) groups is 1. The topological polar surface area (TPSA) is 387 Å². The first kappa shape index (κ1) is 55.1. The molecule has 0 aliphatic carbocycles. The zero-order valence-electron chi connectivity index (χ0n) is 39.3. The Bertz CT molecular complexity index is 2440. The van der Waals surface area contributed by atoms with Crippen LogP contribution in [0.4, 0.5) is 0 Å². The Morgan fingerprint density at radius 3 is 2.30 bits per heavy atom. The van der Waals surface area contributed by atoms with Crippen LogP contribution in [0, 0.1) is 11.8 Å². The van der Waals surface area contributed by atoms with E-state index < -0.39 is 140 Å². The molecule has 5 rings (SSSR count). The molecule has 25 heteroatoms. The molecule has 1 unspecified atom stereocenters. The molecule has 0 bridgehead atoms. The zero-order chi connectivity index (χ0) is 52.1. The number of nitrogens with one attached hydrogen (secondary N) is 7. The van der Waals surface area contributed by atoms with Crippen molar-refractivity contribution in [2.24, 2.45) is 23.3 Å². The monoisotopic (exact) mass is 1010 g/mol. The number of aromatic nitrogens is 1. The fraction of sp³-hybridized carbons (Fsp3) is 0.500. The summed E-state index contributed by atoms with van der Waals surface area (Å²) < 4.78 is 6.05. The van der Waals surface area contributed by atoms with E-state index in [1.165, 1.54) is 6.92 Å². The van der Waals surface area contributed by atoms with Crippen molar-refractivity contribution >= 4 is 75.9 Å². The maximum Gasteiger partial charge on any atom is 0.327 e. The number of β-amino-alcohol motifs (C(OH)–C–C–N with tert-alkyl or cyclic N) is 1. The van der Waals surface area contributed by atoms with Crippen LogP contribution >= 0.6 is 11.8 Å². The van der Waals surface area contributed by atoms with Gasteiger partial charge in [-0.1, -0.05) is 57.5 Å². The van der Waals surface area contributed by atoms with Gasteiger partial charge >= 0.3 is 5.97 Å². The van der Waals surface area contributed by atoms with E-state index in [2.05, 4.69) is 36.9 Å². The third-order valence-corrected chi connectivity index (χ3v) is 13.5. The maximum atomic E-state index is 14.6. The van der Waals surface area contributed by atoms with Gasteiger partial charge < -0.3 is 78.4 Å². The number of hydrogen-bond donors (Lipinski definition) is 13. The number of ether oxygens (including phenoxy) is 1. The molecule has 2 aliphatic rings. The number of carboxylic acids is 1. The van der Waals surface area contributed by atoms with Gasteiger partial charge in [-0.05, 0) is 29.2 Å². The van der Waals surface area contributed by atoms with Crippen molar-refractivity contribution in [1.29, 1.82) is 0 Å². The van der Waals surface area contributed by atoms with Crippen LogP contribution in [0.15, 0.2) is 53.6 Å². The van der Waals surface area contributed by atoms with Crippen molar-refractivity contribution in [1.82, 2.24) is 41.8 Å². The Labute approximate surface area is 412 Å². The van der Waals surface area contributed by atoms with Gasteiger partial charge in [0.1, 0.15) is 42.6 Å². The van der Waals surface area contributed by atoms with Crippen LogP contribution in [0.1, 0.15) is 51.2 Å². The lowest BCUT2D eigenvalue weighted by molar-refractivity contribution is -0.142. The molecule has 386 valence electrons. The smallest absolute Gasteiger partial charge is 0.327 e. The lowest BCUT2D eigenvalue weighted by atomic mass is 9.93. The molecule has 0 radical (unpaired) electrons. The van der Waals surface area contributed by atoms with Crippen LogP contribution in [-0.4, -0.2) is 164 Å². The number of fused-ring (bicyclic) bond motifs is 3. The molecule has 24 nitrogen and oxygen atoms in total. The summed E-state index contributed by atoms with van der Waals surface area (Å²) in [6.07, 6.45) is -3.72. The van der Waals surface area contributed by atoms with E-state index in [1.54, 1.807) is 32.0 Å². The van der Waals surface area contributed by atoms with Crippen LogP contribution in [0.5, 0.6) is 5.75 Å². The van der Waals surface area contributed by atoms with E-state index in [1.807, 2.05) is 30.3 Å². The van der Waals surface area contributed by atoms with Crippen LogP contribution < -0.4 is 48.1 Å². The number of aliphatic hydroxyl groups is 3. The third kappa shape index (κ3) is 14.9. The average Bonchev–Trinajstić information content (AvgIpc) is 3.91. The number of H-pyrrole nitrogens is 1. The summed E-state index contributed by atoms with van der Waals surface area (Å²) in [5, 5.41) is 57.3. The van der Waals surface area contributed by atoms with Gasteiger partial charge in [0.2, 0.25) is 47.3 Å². The van der Waals surface area contributed by atoms with Gasteiger partial charge in [0.15, 0.2) is 0 Å². The molecule has 1 fully saturated rings. The first-order valence-electron chi connectivity index (χ1n) is 22.9. The molecule has 2 aliphatic heterocycles. The van der Waals surface area contributed by atoms with Crippen molar-refractivity contribution in [2.45, 2.75) is 107 Å². The van der Waals surface area contributed by atoms with E-state index >= 15 is 0 Å². The molecule has 71 heavy (non-hydrogen) atoms. The Kier molecular flexibility index (Phi) is 19.7. The SMILES string of the molecule is CC[C@H](C)C1NC(=O)CNC(=O)[C@@H](NC(=O)[C@@H](NC(=O)[C@@H]2C[C@@H](O)CN2C(=O)[C@@H](N)CC(N)=O)[C@@H](C)[C@@H](O)CO)Cc2c([nH]c3cc(OCc4ccccc4)ccc23)SC[C@@H](C(=O)O)NC(=O)CNC1=O. The fourth-order valence-electron chi connectivity index (χ4n) is 8.02. The number of nitrogens with zero attached hydrogens (tertiary/aromatic N) is 1. The van der Waals surface area contributed by atoms with Gasteiger partial charge in [-0.25, -0.2) is 4.79 Å². The van der Waals surface area contributed by atoms with Gasteiger partial charge in [0.05, 0.1) is 54.9 Å². The minimum atomic E-state index is -1.75. The standard InChI is InChI=1S/C46H62N10O14S/c1-4-22(2)38-42(65)50-16-36(61)51-32(46(68)69)21-71-44-28(27-11-10-26(13-30(27)53-44)70-20-24-8-6-5-7-9-24)14-31(40(63)49-17-37(62)54-38)52-43(66)39(23(3)34(59)19-57)55-41(64)33-12-25(58)18-56(33)45(67)29(47)15-35(48)60/h5-11,13,22-23,25,29,31-34,38-39,53,57-59H,4,12,14-21,47H2,1-3H3,(H2,48,60)(H,49,63)(H,50,65)(H,51,61)(H,52,66)(H,54,62)(H,55,64)(H,68,69)/t22-,23-,25+,29-,31-,32-,33-,34-,38?,39-/m0/s1.